The Kier molecular flexibility index (Phi) is 4.72. The van der Waals surface area contributed by atoms with Crippen LogP contribution >= 0.6 is 0 Å². The van der Waals surface area contributed by atoms with Crippen molar-refractivity contribution in [2.75, 3.05) is 14.2 Å². The Labute approximate surface area is 121 Å². The molecule has 1 unspecified atom stereocenters. The van der Waals surface area contributed by atoms with Crippen LogP contribution in [-0.2, 0) is 0 Å². The highest BCUT2D eigenvalue weighted by Gasteiger charge is 2.16. The van der Waals surface area contributed by atoms with Crippen LogP contribution < -0.4 is 20.7 Å². The summed E-state index contributed by atoms with van der Waals surface area (Å²) in [6.07, 6.45) is 0. The van der Waals surface area contributed by atoms with E-state index in [1.54, 1.807) is 18.2 Å². The third-order valence-electron chi connectivity index (χ3n) is 3.13. The van der Waals surface area contributed by atoms with E-state index in [2.05, 4.69) is 5.43 Å². The third-order valence-corrected chi connectivity index (χ3v) is 3.13. The molecule has 0 saturated heterocycles. The molecule has 0 aromatic heterocycles. The van der Waals surface area contributed by atoms with Gasteiger partial charge in [-0.05, 0) is 35.4 Å². The molecule has 4 nitrogen and oxygen atoms in total. The van der Waals surface area contributed by atoms with Crippen LogP contribution in [0.25, 0.3) is 0 Å². The number of methoxy groups -OCH3 is 2. The summed E-state index contributed by atoms with van der Waals surface area (Å²) in [5.74, 6) is 5.27. The third kappa shape index (κ3) is 3.29. The van der Waals surface area contributed by atoms with Crippen molar-refractivity contribution in [1.82, 2.24) is 5.43 Å². The lowest BCUT2D eigenvalue weighted by atomic mass is 9.98. The molecule has 2 rings (SSSR count). The van der Waals surface area contributed by atoms with E-state index in [-0.39, 0.29) is 0 Å². The molecule has 0 saturated carbocycles. The standard InChI is InChI=1S/C15H16F2N2O2/c1-20-13-4-3-9(7-14(13)21-2)15(19-18)10-5-11(16)8-12(17)6-10/h3-8,15,19H,18H2,1-2H3. The maximum Gasteiger partial charge on any atom is 0.161 e. The van der Waals surface area contributed by atoms with Crippen molar-refractivity contribution in [2.45, 2.75) is 6.04 Å². The number of hydrogen-bond acceptors (Lipinski definition) is 4. The van der Waals surface area contributed by atoms with Crippen LogP contribution in [-0.4, -0.2) is 14.2 Å². The monoisotopic (exact) mass is 294 g/mol. The number of hydrazine groups is 1. The molecule has 0 radical (unpaired) electrons. The Morgan fingerprint density at radius 2 is 1.52 bits per heavy atom. The number of nitrogens with two attached hydrogens (primary N) is 1. The average Bonchev–Trinajstić information content (AvgIpc) is 2.46. The minimum atomic E-state index is -0.661. The number of rotatable bonds is 5. The van der Waals surface area contributed by atoms with E-state index >= 15 is 0 Å². The Hall–Kier alpha value is -2.18. The topological polar surface area (TPSA) is 56.5 Å². The first kappa shape index (κ1) is 15.2. The second kappa shape index (κ2) is 6.51. The number of benzene rings is 2. The molecule has 6 heteroatoms. The molecular formula is C15H16F2N2O2. The fourth-order valence-electron chi connectivity index (χ4n) is 2.16. The van der Waals surface area contributed by atoms with Gasteiger partial charge in [-0.2, -0.15) is 0 Å². The van der Waals surface area contributed by atoms with E-state index in [9.17, 15) is 8.78 Å². The van der Waals surface area contributed by atoms with Gasteiger partial charge in [-0.15, -0.1) is 0 Å². The van der Waals surface area contributed by atoms with Gasteiger partial charge in [-0.1, -0.05) is 6.07 Å². The first-order valence-electron chi connectivity index (χ1n) is 6.23. The van der Waals surface area contributed by atoms with Crippen LogP contribution in [0.5, 0.6) is 11.5 Å². The highest BCUT2D eigenvalue weighted by molar-refractivity contribution is 5.45. The van der Waals surface area contributed by atoms with Crippen molar-refractivity contribution in [3.63, 3.8) is 0 Å². The summed E-state index contributed by atoms with van der Waals surface area (Å²) in [7, 11) is 3.03. The second-order valence-corrected chi connectivity index (χ2v) is 4.42. The average molecular weight is 294 g/mol. The first-order chi connectivity index (χ1) is 10.1. The molecule has 0 aliphatic rings. The van der Waals surface area contributed by atoms with Crippen LogP contribution in [0.4, 0.5) is 8.78 Å². The zero-order valence-corrected chi connectivity index (χ0v) is 11.7. The van der Waals surface area contributed by atoms with Gasteiger partial charge in [0.15, 0.2) is 11.5 Å². The molecule has 21 heavy (non-hydrogen) atoms. The van der Waals surface area contributed by atoms with Crippen molar-refractivity contribution in [2.24, 2.45) is 5.84 Å². The minimum Gasteiger partial charge on any atom is -0.493 e. The Balaban J connectivity index is 2.45. The van der Waals surface area contributed by atoms with Gasteiger partial charge < -0.3 is 9.47 Å². The summed E-state index contributed by atoms with van der Waals surface area (Å²) in [5, 5.41) is 0. The van der Waals surface area contributed by atoms with Gasteiger partial charge in [0.1, 0.15) is 11.6 Å². The highest BCUT2D eigenvalue weighted by Crippen LogP contribution is 2.32. The van der Waals surface area contributed by atoms with E-state index < -0.39 is 17.7 Å². The zero-order valence-electron chi connectivity index (χ0n) is 11.7. The predicted octanol–water partition coefficient (Wildman–Crippen LogP) is 2.53. The van der Waals surface area contributed by atoms with Gasteiger partial charge in [-0.25, -0.2) is 14.2 Å². The molecule has 0 spiro atoms. The zero-order chi connectivity index (χ0) is 15.4. The quantitative estimate of drug-likeness (QED) is 0.657. The van der Waals surface area contributed by atoms with Crippen molar-refractivity contribution >= 4 is 0 Å². The van der Waals surface area contributed by atoms with Crippen molar-refractivity contribution in [3.05, 3.63) is 59.2 Å². The molecule has 0 aliphatic carbocycles. The maximum atomic E-state index is 13.4. The van der Waals surface area contributed by atoms with E-state index in [1.165, 1.54) is 26.4 Å². The Morgan fingerprint density at radius 3 is 2.05 bits per heavy atom. The first-order valence-corrected chi connectivity index (χ1v) is 6.23. The van der Waals surface area contributed by atoms with Gasteiger partial charge in [0, 0.05) is 6.07 Å². The summed E-state index contributed by atoms with van der Waals surface area (Å²) in [4.78, 5) is 0. The van der Waals surface area contributed by atoms with Crippen LogP contribution in [0, 0.1) is 11.6 Å². The lowest BCUT2D eigenvalue weighted by molar-refractivity contribution is 0.354. The molecule has 2 aromatic rings. The molecule has 1 atom stereocenters. The molecule has 0 amide bonds. The lowest BCUT2D eigenvalue weighted by Gasteiger charge is -2.19. The fraction of sp³-hybridized carbons (Fsp3) is 0.200. The van der Waals surface area contributed by atoms with Gasteiger partial charge in [0.05, 0.1) is 20.3 Å². The van der Waals surface area contributed by atoms with Gasteiger partial charge >= 0.3 is 0 Å². The number of nitrogens with one attached hydrogen (secondary N) is 1. The maximum absolute atomic E-state index is 13.4. The Morgan fingerprint density at radius 1 is 0.905 bits per heavy atom. The molecule has 112 valence electrons. The van der Waals surface area contributed by atoms with Gasteiger partial charge in [0.25, 0.3) is 0 Å². The summed E-state index contributed by atoms with van der Waals surface area (Å²) in [5.41, 5.74) is 3.62. The fourth-order valence-corrected chi connectivity index (χ4v) is 2.16. The highest BCUT2D eigenvalue weighted by atomic mass is 19.1. The summed E-state index contributed by atoms with van der Waals surface area (Å²) < 4.78 is 37.1. The SMILES string of the molecule is COc1ccc(C(NN)c2cc(F)cc(F)c2)cc1OC. The van der Waals surface area contributed by atoms with Crippen LogP contribution in [0.3, 0.4) is 0 Å². The summed E-state index contributed by atoms with van der Waals surface area (Å²) >= 11 is 0. The van der Waals surface area contributed by atoms with Crippen LogP contribution in [0.1, 0.15) is 17.2 Å². The van der Waals surface area contributed by atoms with Crippen molar-refractivity contribution in [3.8, 4) is 11.5 Å². The van der Waals surface area contributed by atoms with E-state index in [1.807, 2.05) is 0 Å². The van der Waals surface area contributed by atoms with Gasteiger partial charge in [-0.3, -0.25) is 5.84 Å². The minimum absolute atomic E-state index is 0.377. The molecule has 3 N–H and O–H groups in total. The van der Waals surface area contributed by atoms with Crippen LogP contribution in [0.2, 0.25) is 0 Å². The predicted molar refractivity (Wildman–Crippen MR) is 75.1 cm³/mol. The molecule has 0 aliphatic heterocycles. The van der Waals surface area contributed by atoms with Gasteiger partial charge in [0.2, 0.25) is 0 Å². The Bertz CT molecular complexity index is 615. The molecule has 0 heterocycles. The lowest BCUT2D eigenvalue weighted by Crippen LogP contribution is -2.29. The molecule has 0 fully saturated rings. The smallest absolute Gasteiger partial charge is 0.161 e. The van der Waals surface area contributed by atoms with Crippen LogP contribution in [0.15, 0.2) is 36.4 Å². The largest absolute Gasteiger partial charge is 0.493 e. The van der Waals surface area contributed by atoms with Crippen molar-refractivity contribution < 1.29 is 18.3 Å². The normalized spacial score (nSPS) is 12.0. The molecule has 2 aromatic carbocycles. The van der Waals surface area contributed by atoms with E-state index in [0.717, 1.165) is 6.07 Å². The summed E-state index contributed by atoms with van der Waals surface area (Å²) in [6, 6.07) is 7.84. The molecule has 0 bridgehead atoms. The summed E-state index contributed by atoms with van der Waals surface area (Å²) in [6.45, 7) is 0. The van der Waals surface area contributed by atoms with Crippen molar-refractivity contribution in [1.29, 1.82) is 0 Å². The number of halogens is 2. The number of hydrogen-bond donors (Lipinski definition) is 2. The second-order valence-electron chi connectivity index (χ2n) is 4.42. The van der Waals surface area contributed by atoms with E-state index in [4.69, 9.17) is 15.3 Å². The number of ether oxygens (including phenoxy) is 2. The van der Waals surface area contributed by atoms with E-state index in [0.29, 0.717) is 22.6 Å². The molecular weight excluding hydrogens is 278 g/mol.